The van der Waals surface area contributed by atoms with Gasteiger partial charge in [-0.25, -0.2) is 0 Å². The largest absolute Gasteiger partial charge is 0.552 e. The first-order valence-corrected chi connectivity index (χ1v) is 5.10. The maximum atomic E-state index is 11.1. The van der Waals surface area contributed by atoms with Gasteiger partial charge in [-0.2, -0.15) is 0 Å². The minimum Gasteiger partial charge on any atom is -0.141 e. The van der Waals surface area contributed by atoms with Gasteiger partial charge >= 0.3 is 10.0 Å². The summed E-state index contributed by atoms with van der Waals surface area (Å²) in [5, 5.41) is 8.28. The smallest absolute Gasteiger partial charge is 0.141 e. The standard InChI is InChI=1S/C8H9N2O2S/c1-6-3-4-8(7(2)5-6)13(11,12)10-9/h3-5H,1-2H3/q+1. The number of nitrogens with zero attached hydrogens (tertiary/aromatic N) is 2. The number of sulfonamides is 1. The molecule has 0 amide bonds. The lowest BCUT2D eigenvalue weighted by molar-refractivity contribution is 0.603. The highest BCUT2D eigenvalue weighted by Gasteiger charge is 2.28. The van der Waals surface area contributed by atoms with Crippen LogP contribution in [0.1, 0.15) is 11.1 Å². The summed E-state index contributed by atoms with van der Waals surface area (Å²) in [4.78, 5) is 0.0422. The van der Waals surface area contributed by atoms with Gasteiger partial charge in [0.1, 0.15) is 0 Å². The van der Waals surface area contributed by atoms with Crippen molar-refractivity contribution in [2.24, 2.45) is 0 Å². The van der Waals surface area contributed by atoms with Crippen LogP contribution >= 0.6 is 0 Å². The maximum absolute atomic E-state index is 11.1. The predicted octanol–water partition coefficient (Wildman–Crippen LogP) is 1.85. The average molecular weight is 197 g/mol. The molecule has 0 N–H and O–H groups in total. The monoisotopic (exact) mass is 197 g/mol. The van der Waals surface area contributed by atoms with Crippen molar-refractivity contribution in [3.63, 3.8) is 0 Å². The molecule has 5 heteroatoms. The minimum absolute atomic E-state index is 0.0422. The van der Waals surface area contributed by atoms with Gasteiger partial charge in [0.25, 0.3) is 4.38 Å². The fourth-order valence-corrected chi connectivity index (χ4v) is 1.93. The Morgan fingerprint density at radius 2 is 1.92 bits per heavy atom. The van der Waals surface area contributed by atoms with Crippen LogP contribution in [0.2, 0.25) is 0 Å². The topological polar surface area (TPSA) is 62.3 Å². The molecule has 0 saturated carbocycles. The predicted molar refractivity (Wildman–Crippen MR) is 48.2 cm³/mol. The molecule has 0 saturated heterocycles. The Hall–Kier alpha value is -1.41. The highest BCUT2D eigenvalue weighted by Crippen LogP contribution is 2.18. The Balaban J connectivity index is 3.44. The second-order valence-corrected chi connectivity index (χ2v) is 4.38. The molecule has 0 radical (unpaired) electrons. The molecule has 13 heavy (non-hydrogen) atoms. The van der Waals surface area contributed by atoms with Gasteiger partial charge in [0.05, 0.1) is 0 Å². The fourth-order valence-electron chi connectivity index (χ4n) is 1.13. The molecule has 4 nitrogen and oxygen atoms in total. The van der Waals surface area contributed by atoms with Gasteiger partial charge < -0.3 is 0 Å². The molecule has 0 atom stereocenters. The van der Waals surface area contributed by atoms with Gasteiger partial charge in [0.15, 0.2) is 4.90 Å². The average Bonchev–Trinajstić information content (AvgIpc) is 2.03. The fraction of sp³-hybridized carbons (Fsp3) is 0.250. The summed E-state index contributed by atoms with van der Waals surface area (Å²) in [6.45, 7) is 3.52. The molecule has 0 aliphatic heterocycles. The van der Waals surface area contributed by atoms with Crippen molar-refractivity contribution in [1.82, 2.24) is 0 Å². The van der Waals surface area contributed by atoms with Crippen molar-refractivity contribution in [2.75, 3.05) is 0 Å². The molecule has 1 aromatic carbocycles. The Morgan fingerprint density at radius 1 is 1.31 bits per heavy atom. The van der Waals surface area contributed by atoms with Crippen LogP contribution < -0.4 is 0 Å². The Morgan fingerprint density at radius 3 is 2.38 bits per heavy atom. The van der Waals surface area contributed by atoms with E-state index >= 15 is 0 Å². The molecule has 0 aliphatic carbocycles. The molecule has 1 aromatic rings. The van der Waals surface area contributed by atoms with Crippen molar-refractivity contribution in [3.05, 3.63) is 33.7 Å². The van der Waals surface area contributed by atoms with Crippen LogP contribution in [0.25, 0.3) is 4.38 Å². The van der Waals surface area contributed by atoms with E-state index in [0.717, 1.165) is 5.56 Å². The van der Waals surface area contributed by atoms with E-state index in [1.807, 2.05) is 6.92 Å². The highest BCUT2D eigenvalue weighted by atomic mass is 32.2. The Labute approximate surface area is 76.9 Å². The summed E-state index contributed by atoms with van der Waals surface area (Å²) in [7, 11) is -3.87. The lowest BCUT2D eigenvalue weighted by Gasteiger charge is -1.96. The summed E-state index contributed by atoms with van der Waals surface area (Å²) < 4.78 is 24.6. The van der Waals surface area contributed by atoms with E-state index in [2.05, 4.69) is 4.38 Å². The normalized spacial score (nSPS) is 10.8. The third kappa shape index (κ3) is 1.84. The highest BCUT2D eigenvalue weighted by molar-refractivity contribution is 7.93. The molecular weight excluding hydrogens is 188 g/mol. The molecule has 0 aromatic heterocycles. The lowest BCUT2D eigenvalue weighted by Crippen LogP contribution is -1.97. The zero-order valence-electron chi connectivity index (χ0n) is 7.35. The molecular formula is C8H9N2O2S+. The molecule has 0 aliphatic rings. The van der Waals surface area contributed by atoms with Crippen molar-refractivity contribution in [1.29, 1.82) is 5.39 Å². The minimum atomic E-state index is -3.87. The molecule has 0 heterocycles. The zero-order chi connectivity index (χ0) is 10.1. The van der Waals surface area contributed by atoms with E-state index in [4.69, 9.17) is 5.39 Å². The van der Waals surface area contributed by atoms with E-state index in [1.165, 1.54) is 6.07 Å². The van der Waals surface area contributed by atoms with Crippen LogP contribution in [0.15, 0.2) is 23.1 Å². The second-order valence-electron chi connectivity index (χ2n) is 2.83. The number of hydrogen-bond acceptors (Lipinski definition) is 3. The van der Waals surface area contributed by atoms with Crippen LogP contribution in [-0.2, 0) is 10.0 Å². The Kier molecular flexibility index (Phi) is 2.34. The van der Waals surface area contributed by atoms with Crippen LogP contribution in [0, 0.1) is 19.2 Å². The quantitative estimate of drug-likeness (QED) is 0.645. The van der Waals surface area contributed by atoms with Crippen LogP contribution in [0.5, 0.6) is 0 Å². The SMILES string of the molecule is Cc1ccc(S(=O)(=O)[N+]#N)c(C)c1. The summed E-state index contributed by atoms with van der Waals surface area (Å²) in [5.74, 6) is 0. The van der Waals surface area contributed by atoms with Crippen molar-refractivity contribution in [2.45, 2.75) is 18.7 Å². The summed E-state index contributed by atoms with van der Waals surface area (Å²) in [6.07, 6.45) is 0. The molecule has 0 bridgehead atoms. The van der Waals surface area contributed by atoms with E-state index in [-0.39, 0.29) is 4.90 Å². The summed E-state index contributed by atoms with van der Waals surface area (Å²) >= 11 is 0. The Bertz CT molecular complexity index is 471. The number of rotatable bonds is 1. The molecule has 68 valence electrons. The number of hydrogen-bond donors (Lipinski definition) is 0. The number of diazo groups is 1. The zero-order valence-corrected chi connectivity index (χ0v) is 8.17. The molecule has 1 rings (SSSR count). The third-order valence-electron chi connectivity index (χ3n) is 1.72. The van der Waals surface area contributed by atoms with Crippen LogP contribution in [0.3, 0.4) is 0 Å². The van der Waals surface area contributed by atoms with Gasteiger partial charge in [-0.15, -0.1) is 8.42 Å². The van der Waals surface area contributed by atoms with Gasteiger partial charge in [0, 0.05) is 0 Å². The van der Waals surface area contributed by atoms with Gasteiger partial charge in [-0.3, -0.25) is 0 Å². The maximum Gasteiger partial charge on any atom is 0.552 e. The summed E-state index contributed by atoms with van der Waals surface area (Å²) in [6, 6.07) is 4.81. The molecule has 0 unspecified atom stereocenters. The number of aryl methyl sites for hydroxylation is 2. The number of benzene rings is 1. The van der Waals surface area contributed by atoms with E-state index in [9.17, 15) is 8.42 Å². The first kappa shape index (κ1) is 9.68. The van der Waals surface area contributed by atoms with Crippen molar-refractivity contribution in [3.8, 4) is 0 Å². The van der Waals surface area contributed by atoms with Gasteiger partial charge in [-0.1, -0.05) is 17.7 Å². The van der Waals surface area contributed by atoms with Crippen LogP contribution in [-0.4, -0.2) is 8.42 Å². The van der Waals surface area contributed by atoms with E-state index in [1.54, 1.807) is 19.1 Å². The van der Waals surface area contributed by atoms with Gasteiger partial charge in [0.2, 0.25) is 5.39 Å². The van der Waals surface area contributed by atoms with Crippen molar-refractivity contribution < 1.29 is 8.42 Å². The van der Waals surface area contributed by atoms with Crippen molar-refractivity contribution >= 4 is 10.0 Å². The first-order valence-electron chi connectivity index (χ1n) is 3.66. The van der Waals surface area contributed by atoms with E-state index in [0.29, 0.717) is 5.56 Å². The lowest BCUT2D eigenvalue weighted by atomic mass is 10.2. The second kappa shape index (κ2) is 3.15. The first-order chi connectivity index (χ1) is 5.97. The van der Waals surface area contributed by atoms with E-state index < -0.39 is 10.0 Å². The molecule has 0 fully saturated rings. The third-order valence-corrected chi connectivity index (χ3v) is 2.94. The summed E-state index contributed by atoms with van der Waals surface area (Å²) in [5.41, 5.74) is 1.55. The van der Waals surface area contributed by atoms with Crippen LogP contribution in [0.4, 0.5) is 0 Å². The van der Waals surface area contributed by atoms with Gasteiger partial charge in [-0.05, 0) is 25.5 Å². The molecule has 0 spiro atoms.